The molecule has 8 heteroatoms. The average Bonchev–Trinajstić information content (AvgIpc) is 3.03. The number of hydrogen-bond donors (Lipinski definition) is 1. The topological polar surface area (TPSA) is 59.1 Å². The molecule has 0 atom stereocenters. The van der Waals surface area contributed by atoms with Gasteiger partial charge in [-0.3, -0.25) is 4.72 Å². The average molecular weight is 431 g/mol. The van der Waals surface area contributed by atoms with Crippen molar-refractivity contribution in [3.63, 3.8) is 0 Å². The number of nitrogens with zero attached hydrogens (tertiary/aromatic N) is 1. The molecule has 29 heavy (non-hydrogen) atoms. The number of hydrogen-bond acceptors (Lipinski definition) is 4. The van der Waals surface area contributed by atoms with Crippen LogP contribution in [-0.4, -0.2) is 13.4 Å². The second-order valence-corrected chi connectivity index (χ2v) is 9.46. The highest BCUT2D eigenvalue weighted by atomic mass is 32.2. The number of halogens is 2. The Kier molecular flexibility index (Phi) is 5.06. The van der Waals surface area contributed by atoms with Crippen molar-refractivity contribution in [1.29, 1.82) is 0 Å². The molecular formula is C21H16F2N2O2S2. The summed E-state index contributed by atoms with van der Waals surface area (Å²) in [5.41, 5.74) is 3.36. The summed E-state index contributed by atoms with van der Waals surface area (Å²) in [7, 11) is -3.82. The van der Waals surface area contributed by atoms with Gasteiger partial charge in [-0.05, 0) is 66.6 Å². The fourth-order valence-corrected chi connectivity index (χ4v) is 5.21. The lowest BCUT2D eigenvalue weighted by Crippen LogP contribution is -2.15. The van der Waals surface area contributed by atoms with E-state index < -0.39 is 27.4 Å². The van der Waals surface area contributed by atoms with Crippen LogP contribution in [0.4, 0.5) is 14.5 Å². The number of nitrogens with one attached hydrogen (secondary N) is 1. The normalized spacial score (nSPS) is 11.7. The van der Waals surface area contributed by atoms with Crippen molar-refractivity contribution < 1.29 is 17.2 Å². The van der Waals surface area contributed by atoms with Gasteiger partial charge in [0.2, 0.25) is 10.0 Å². The standard InChI is InChI=1S/C21H16F2N2O2S2/c1-13-2-7-19-20(8-13)28-21(24-19)15-3-5-18(6-4-15)25-29(26,27)12-14-9-16(22)11-17(23)10-14/h2-11,25H,12H2,1H3. The summed E-state index contributed by atoms with van der Waals surface area (Å²) in [6, 6.07) is 15.6. The Bertz CT molecular complexity index is 1280. The molecule has 148 valence electrons. The van der Waals surface area contributed by atoms with Crippen molar-refractivity contribution in [3.05, 3.63) is 83.4 Å². The number of benzene rings is 3. The van der Waals surface area contributed by atoms with Gasteiger partial charge in [0.25, 0.3) is 0 Å². The molecule has 4 aromatic rings. The lowest BCUT2D eigenvalue weighted by atomic mass is 10.2. The highest BCUT2D eigenvalue weighted by Crippen LogP contribution is 2.31. The van der Waals surface area contributed by atoms with Crippen molar-refractivity contribution in [2.24, 2.45) is 0 Å². The minimum absolute atomic E-state index is 0.0383. The van der Waals surface area contributed by atoms with Gasteiger partial charge in [0, 0.05) is 17.3 Å². The van der Waals surface area contributed by atoms with Gasteiger partial charge >= 0.3 is 0 Å². The maximum absolute atomic E-state index is 13.3. The summed E-state index contributed by atoms with van der Waals surface area (Å²) in [6.07, 6.45) is 0. The molecule has 0 aliphatic carbocycles. The maximum atomic E-state index is 13.3. The third-order valence-electron chi connectivity index (χ3n) is 4.23. The molecular weight excluding hydrogens is 414 g/mol. The number of anilines is 1. The van der Waals surface area contributed by atoms with Gasteiger partial charge in [0.1, 0.15) is 16.6 Å². The first-order chi connectivity index (χ1) is 13.8. The Morgan fingerprint density at radius 1 is 0.966 bits per heavy atom. The molecule has 0 aliphatic rings. The molecule has 0 aliphatic heterocycles. The smallest absolute Gasteiger partial charge is 0.236 e. The molecule has 0 saturated carbocycles. The van der Waals surface area contributed by atoms with Crippen LogP contribution >= 0.6 is 11.3 Å². The Labute approximate surface area is 170 Å². The van der Waals surface area contributed by atoms with E-state index in [1.807, 2.05) is 19.1 Å². The fourth-order valence-electron chi connectivity index (χ4n) is 2.97. The number of aryl methyl sites for hydroxylation is 1. The van der Waals surface area contributed by atoms with Gasteiger partial charge in [-0.25, -0.2) is 22.2 Å². The third-order valence-corrected chi connectivity index (χ3v) is 6.56. The zero-order chi connectivity index (χ0) is 20.6. The molecule has 1 N–H and O–H groups in total. The van der Waals surface area contributed by atoms with Gasteiger partial charge < -0.3 is 0 Å². The monoisotopic (exact) mass is 430 g/mol. The highest BCUT2D eigenvalue weighted by molar-refractivity contribution is 7.91. The first-order valence-corrected chi connectivity index (χ1v) is 11.2. The first-order valence-electron chi connectivity index (χ1n) is 8.70. The minimum atomic E-state index is -3.82. The summed E-state index contributed by atoms with van der Waals surface area (Å²) in [5.74, 6) is -2.16. The van der Waals surface area contributed by atoms with E-state index in [0.29, 0.717) is 11.8 Å². The summed E-state index contributed by atoms with van der Waals surface area (Å²) in [4.78, 5) is 4.61. The Balaban J connectivity index is 1.52. The van der Waals surface area contributed by atoms with Gasteiger partial charge in [-0.1, -0.05) is 6.07 Å². The molecule has 0 bridgehead atoms. The Morgan fingerprint density at radius 3 is 2.34 bits per heavy atom. The molecule has 4 nitrogen and oxygen atoms in total. The van der Waals surface area contributed by atoms with Crippen molar-refractivity contribution >= 4 is 37.3 Å². The van der Waals surface area contributed by atoms with E-state index in [2.05, 4.69) is 15.8 Å². The predicted molar refractivity (Wildman–Crippen MR) is 112 cm³/mol. The summed E-state index contributed by atoms with van der Waals surface area (Å²) >= 11 is 1.57. The second kappa shape index (κ2) is 7.53. The lowest BCUT2D eigenvalue weighted by molar-refractivity contribution is 0.579. The lowest BCUT2D eigenvalue weighted by Gasteiger charge is -2.09. The summed E-state index contributed by atoms with van der Waals surface area (Å²) < 4.78 is 54.7. The molecule has 4 rings (SSSR count). The number of rotatable bonds is 5. The van der Waals surface area contributed by atoms with E-state index >= 15 is 0 Å². The Morgan fingerprint density at radius 2 is 1.66 bits per heavy atom. The molecule has 0 radical (unpaired) electrons. The molecule has 0 spiro atoms. The van der Waals surface area contributed by atoms with Crippen LogP contribution in [0.15, 0.2) is 60.7 Å². The van der Waals surface area contributed by atoms with Crippen molar-refractivity contribution in [1.82, 2.24) is 4.98 Å². The van der Waals surface area contributed by atoms with Crippen molar-refractivity contribution in [3.8, 4) is 10.6 Å². The van der Waals surface area contributed by atoms with E-state index in [1.165, 1.54) is 0 Å². The van der Waals surface area contributed by atoms with Crippen LogP contribution in [0, 0.1) is 18.6 Å². The fraction of sp³-hybridized carbons (Fsp3) is 0.0952. The number of fused-ring (bicyclic) bond motifs is 1. The third kappa shape index (κ3) is 4.60. The number of thiazole rings is 1. The van der Waals surface area contributed by atoms with Crippen LogP contribution in [0.3, 0.4) is 0 Å². The molecule has 0 saturated heterocycles. The van der Waals surface area contributed by atoms with Gasteiger partial charge in [0.15, 0.2) is 0 Å². The number of aromatic nitrogens is 1. The van der Waals surface area contributed by atoms with E-state index in [0.717, 1.165) is 38.5 Å². The first kappa shape index (κ1) is 19.5. The second-order valence-electron chi connectivity index (χ2n) is 6.71. The molecule has 1 aromatic heterocycles. The van der Waals surface area contributed by atoms with Crippen LogP contribution in [0.25, 0.3) is 20.8 Å². The van der Waals surface area contributed by atoms with Crippen molar-refractivity contribution in [2.75, 3.05) is 4.72 Å². The quantitative estimate of drug-likeness (QED) is 0.455. The minimum Gasteiger partial charge on any atom is -0.283 e. The molecule has 3 aromatic carbocycles. The molecule has 0 fully saturated rings. The molecule has 0 amide bonds. The van der Waals surface area contributed by atoms with Gasteiger partial charge in [-0.2, -0.15) is 0 Å². The Hall–Kier alpha value is -2.84. The largest absolute Gasteiger partial charge is 0.283 e. The SMILES string of the molecule is Cc1ccc2nc(-c3ccc(NS(=O)(=O)Cc4cc(F)cc(F)c4)cc3)sc2c1. The van der Waals surface area contributed by atoms with Gasteiger partial charge in [0.05, 0.1) is 16.0 Å². The van der Waals surface area contributed by atoms with Crippen molar-refractivity contribution in [2.45, 2.75) is 12.7 Å². The van der Waals surface area contributed by atoms with Crippen LogP contribution in [0.2, 0.25) is 0 Å². The maximum Gasteiger partial charge on any atom is 0.236 e. The summed E-state index contributed by atoms with van der Waals surface area (Å²) in [6.45, 7) is 2.03. The molecule has 0 unspecified atom stereocenters. The van der Waals surface area contributed by atoms with E-state index in [9.17, 15) is 17.2 Å². The zero-order valence-corrected chi connectivity index (χ0v) is 16.9. The molecule has 1 heterocycles. The predicted octanol–water partition coefficient (Wildman–Crippen LogP) is 5.49. The van der Waals surface area contributed by atoms with E-state index in [-0.39, 0.29) is 5.56 Å². The summed E-state index contributed by atoms with van der Waals surface area (Å²) in [5, 5.41) is 0.843. The van der Waals surface area contributed by atoms with E-state index in [1.54, 1.807) is 35.6 Å². The van der Waals surface area contributed by atoms with Crippen LogP contribution < -0.4 is 4.72 Å². The van der Waals surface area contributed by atoms with Crippen LogP contribution in [-0.2, 0) is 15.8 Å². The van der Waals surface area contributed by atoms with E-state index in [4.69, 9.17) is 0 Å². The highest BCUT2D eigenvalue weighted by Gasteiger charge is 2.14. The van der Waals surface area contributed by atoms with Crippen LogP contribution in [0.5, 0.6) is 0 Å². The number of sulfonamides is 1. The van der Waals surface area contributed by atoms with Crippen LogP contribution in [0.1, 0.15) is 11.1 Å². The van der Waals surface area contributed by atoms with Gasteiger partial charge in [-0.15, -0.1) is 11.3 Å². The zero-order valence-electron chi connectivity index (χ0n) is 15.3.